The zero-order valence-electron chi connectivity index (χ0n) is 43.0. The van der Waals surface area contributed by atoms with Gasteiger partial charge in [0.25, 0.3) is 0 Å². The maximum atomic E-state index is 6.82. The van der Waals surface area contributed by atoms with Gasteiger partial charge in [-0.1, -0.05) is 142 Å². The second-order valence-electron chi connectivity index (χ2n) is 23.2. The molecule has 1 aliphatic heterocycles. The van der Waals surface area contributed by atoms with Gasteiger partial charge in [-0.25, -0.2) is 4.98 Å². The number of aromatic nitrogens is 3. The van der Waals surface area contributed by atoms with Crippen LogP contribution < -0.4 is 19.7 Å². The molecule has 0 atom stereocenters. The predicted octanol–water partition coefficient (Wildman–Crippen LogP) is 16.5. The van der Waals surface area contributed by atoms with E-state index >= 15 is 0 Å². The van der Waals surface area contributed by atoms with Gasteiger partial charge in [0.15, 0.2) is 0 Å². The number of rotatable bonds is 7. The molecule has 71 heavy (non-hydrogen) atoms. The first kappa shape index (κ1) is 48.2. The molecule has 10 aromatic rings. The van der Waals surface area contributed by atoms with Gasteiger partial charge >= 0.3 is 0 Å². The van der Waals surface area contributed by atoms with E-state index in [1.807, 2.05) is 18.3 Å². The Kier molecular flexibility index (Phi) is 11.8. The van der Waals surface area contributed by atoms with Crippen LogP contribution in [0.15, 0.2) is 152 Å². The average Bonchev–Trinajstić information content (AvgIpc) is 3.98. The van der Waals surface area contributed by atoms with E-state index in [1.165, 1.54) is 55.1 Å². The second kappa shape index (κ2) is 17.4. The third kappa shape index (κ3) is 8.59. The topological polar surface area (TPSA) is 38.5 Å². The maximum absolute atomic E-state index is 6.82. The Balaban J connectivity index is 0.00000582. The number of para-hydroxylation sites is 3. The third-order valence-electron chi connectivity index (χ3n) is 14.0. The zero-order valence-corrected chi connectivity index (χ0v) is 46.2. The van der Waals surface area contributed by atoms with E-state index in [4.69, 9.17) is 9.72 Å². The van der Waals surface area contributed by atoms with Crippen molar-refractivity contribution in [1.29, 1.82) is 0 Å². The van der Waals surface area contributed by atoms with Crippen LogP contribution >= 0.6 is 0 Å². The quantitative estimate of drug-likeness (QED) is 0.118. The normalized spacial score (nSPS) is 13.4. The molecule has 0 aliphatic carbocycles. The number of hydrogen-bond acceptors (Lipinski definition) is 4. The van der Waals surface area contributed by atoms with Crippen LogP contribution in [0.2, 0.25) is 19.6 Å². The summed E-state index contributed by atoms with van der Waals surface area (Å²) in [5.41, 5.74) is 13.6. The summed E-state index contributed by atoms with van der Waals surface area (Å²) in [5, 5.41) is 6.07. The predicted molar refractivity (Wildman–Crippen MR) is 298 cm³/mol. The molecule has 0 unspecified atom stereocenters. The minimum Gasteiger partial charge on any atom is -0.509 e. The monoisotopic (exact) mass is 1130 g/mol. The van der Waals surface area contributed by atoms with E-state index in [0.717, 1.165) is 44.7 Å². The van der Waals surface area contributed by atoms with Gasteiger partial charge in [0.1, 0.15) is 5.82 Å². The SMILES string of the molecule is CC(C)(C)c1cc(N2[CH-]N(c3[c-]c(Oc4[c-]c5c(cc4)c4cc(-n6c7ccccc7c7ccccc76)ccc4n5-c4cc(C(C)(C)C)ccn4)ccc3)c3cccc([Si](C)(C)C)c32)cc(C(C)(C)C)c1.[Pt]. The molecule has 4 heterocycles. The van der Waals surface area contributed by atoms with Crippen molar-refractivity contribution in [3.05, 3.63) is 187 Å². The summed E-state index contributed by atoms with van der Waals surface area (Å²) in [6.07, 6.45) is 1.92. The fourth-order valence-corrected chi connectivity index (χ4v) is 11.7. The first-order valence-corrected chi connectivity index (χ1v) is 28.1. The van der Waals surface area contributed by atoms with Crippen LogP contribution in [0, 0.1) is 18.8 Å². The number of nitrogens with zero attached hydrogens (tertiary/aromatic N) is 5. The minimum atomic E-state index is -1.81. The Hall–Kier alpha value is -6.40. The van der Waals surface area contributed by atoms with Crippen molar-refractivity contribution in [1.82, 2.24) is 14.1 Å². The van der Waals surface area contributed by atoms with Crippen LogP contribution in [0.4, 0.5) is 22.7 Å². The molecule has 0 radical (unpaired) electrons. The van der Waals surface area contributed by atoms with Crippen LogP contribution in [0.25, 0.3) is 55.1 Å². The molecule has 1 aliphatic rings. The van der Waals surface area contributed by atoms with Gasteiger partial charge in [-0.2, -0.15) is 12.1 Å². The van der Waals surface area contributed by atoms with Crippen molar-refractivity contribution in [2.45, 2.75) is 98.2 Å². The molecule has 11 rings (SSSR count). The van der Waals surface area contributed by atoms with Crippen molar-refractivity contribution in [3.63, 3.8) is 0 Å². The van der Waals surface area contributed by atoms with Crippen molar-refractivity contribution in [2.24, 2.45) is 0 Å². The number of ether oxygens (including phenoxy) is 1. The molecular formula is C63H62N5OPtSi-3. The van der Waals surface area contributed by atoms with E-state index in [2.05, 4.69) is 253 Å². The Morgan fingerprint density at radius 3 is 1.77 bits per heavy atom. The van der Waals surface area contributed by atoms with E-state index in [1.54, 1.807) is 0 Å². The summed E-state index contributed by atoms with van der Waals surface area (Å²) in [4.78, 5) is 9.70. The summed E-state index contributed by atoms with van der Waals surface area (Å²) < 4.78 is 11.4. The molecule has 3 aromatic heterocycles. The van der Waals surface area contributed by atoms with Crippen molar-refractivity contribution < 1.29 is 25.8 Å². The van der Waals surface area contributed by atoms with Gasteiger partial charge in [0.05, 0.1) is 19.1 Å². The molecule has 0 saturated carbocycles. The van der Waals surface area contributed by atoms with E-state index < -0.39 is 8.07 Å². The molecule has 8 heteroatoms. The van der Waals surface area contributed by atoms with Gasteiger partial charge in [-0.3, -0.25) is 0 Å². The molecule has 7 aromatic carbocycles. The summed E-state index contributed by atoms with van der Waals surface area (Å²) >= 11 is 0. The first-order valence-electron chi connectivity index (χ1n) is 24.6. The molecule has 0 bridgehead atoms. The molecule has 0 N–H and O–H groups in total. The first-order chi connectivity index (χ1) is 33.2. The largest absolute Gasteiger partial charge is 0.509 e. The van der Waals surface area contributed by atoms with E-state index in [9.17, 15) is 0 Å². The zero-order chi connectivity index (χ0) is 49.1. The van der Waals surface area contributed by atoms with Crippen LogP contribution in [-0.2, 0) is 37.3 Å². The van der Waals surface area contributed by atoms with Crippen LogP contribution in [0.5, 0.6) is 11.5 Å². The van der Waals surface area contributed by atoms with Crippen molar-refractivity contribution in [3.8, 4) is 23.0 Å². The molecule has 0 saturated heterocycles. The number of fused-ring (bicyclic) bond motifs is 7. The van der Waals surface area contributed by atoms with Crippen molar-refractivity contribution >= 4 is 79.6 Å². The summed E-state index contributed by atoms with van der Waals surface area (Å²) in [6, 6.07) is 60.2. The Morgan fingerprint density at radius 1 is 0.507 bits per heavy atom. The molecule has 0 fully saturated rings. The van der Waals surface area contributed by atoms with Gasteiger partial charge in [0, 0.05) is 77.8 Å². The van der Waals surface area contributed by atoms with Gasteiger partial charge < -0.3 is 23.7 Å². The Morgan fingerprint density at radius 2 is 1.13 bits per heavy atom. The fraction of sp³-hybridized carbons (Fsp3) is 0.238. The summed E-state index contributed by atoms with van der Waals surface area (Å²) in [6.45, 7) is 30.1. The minimum absolute atomic E-state index is 0. The third-order valence-corrected chi connectivity index (χ3v) is 16.0. The summed E-state index contributed by atoms with van der Waals surface area (Å²) in [5.74, 6) is 2.05. The number of benzene rings is 7. The Bertz CT molecular complexity index is 3600. The molecular weight excluding hydrogens is 1070 g/mol. The molecule has 362 valence electrons. The standard InChI is InChI=1S/C63H62N5OSi.Pt/c1-61(2,3)41-31-32-64-59(36-41)68-55-30-27-45(67-53-23-15-13-21-49(53)50-22-14-16-24-54(50)67)38-52(55)51-29-28-48(39-57(51)68)69-47-20-17-19-44(37-47)65-40-66(60-56(65)25-18-26-58(60)70(10,11)12)46-34-42(62(4,5)6)33-43(35-46)63(7,8)9;/h13-36,38,40H,1-12H3;/q-3;. The maximum Gasteiger partial charge on any atom is 0.135 e. The number of anilines is 4. The fourth-order valence-electron chi connectivity index (χ4n) is 10.1. The van der Waals surface area contributed by atoms with Crippen LogP contribution in [0.3, 0.4) is 0 Å². The van der Waals surface area contributed by atoms with Crippen molar-refractivity contribution in [2.75, 3.05) is 9.80 Å². The van der Waals surface area contributed by atoms with Gasteiger partial charge in [-0.05, 0) is 104 Å². The average molecular weight is 1130 g/mol. The van der Waals surface area contributed by atoms with E-state index in [-0.39, 0.29) is 37.3 Å². The second-order valence-corrected chi connectivity index (χ2v) is 28.2. The molecule has 0 amide bonds. The smallest absolute Gasteiger partial charge is 0.135 e. The number of hydrogen-bond donors (Lipinski definition) is 0. The molecule has 6 nitrogen and oxygen atoms in total. The molecule has 0 spiro atoms. The van der Waals surface area contributed by atoms with Crippen LogP contribution in [-0.4, -0.2) is 22.2 Å². The Labute approximate surface area is 435 Å². The van der Waals surface area contributed by atoms with Crippen LogP contribution in [0.1, 0.15) is 79.0 Å². The van der Waals surface area contributed by atoms with Gasteiger partial charge in [-0.15, -0.1) is 48.1 Å². The summed E-state index contributed by atoms with van der Waals surface area (Å²) in [7, 11) is -1.81. The van der Waals surface area contributed by atoms with E-state index in [0.29, 0.717) is 11.5 Å². The number of pyridine rings is 1. The van der Waals surface area contributed by atoms with Gasteiger partial charge in [0.2, 0.25) is 0 Å².